The van der Waals surface area contributed by atoms with Crippen LogP contribution in [0.5, 0.6) is 0 Å². The van der Waals surface area contributed by atoms with E-state index in [1.807, 2.05) is 30.3 Å². The predicted molar refractivity (Wildman–Crippen MR) is 97.1 cm³/mol. The molecule has 0 saturated carbocycles. The van der Waals surface area contributed by atoms with Crippen molar-refractivity contribution >= 4 is 17.3 Å². The van der Waals surface area contributed by atoms with Gasteiger partial charge in [-0.05, 0) is 23.8 Å². The van der Waals surface area contributed by atoms with Crippen molar-refractivity contribution in [2.24, 2.45) is 0 Å². The van der Waals surface area contributed by atoms with Crippen molar-refractivity contribution in [1.29, 1.82) is 5.26 Å². The third-order valence-electron chi connectivity index (χ3n) is 3.64. The van der Waals surface area contributed by atoms with Gasteiger partial charge in [0.1, 0.15) is 6.07 Å². The standard InChI is InChI=1S/C20H16N4O/c21-11-16-8-4-5-9-19(16)24-20(25)17-10-18(14-22-13-17)23-12-15-6-2-1-3-7-15/h1-10,13-14,23H,12H2,(H,24,25). The highest BCUT2D eigenvalue weighted by molar-refractivity contribution is 6.05. The van der Waals surface area contributed by atoms with Crippen LogP contribution in [-0.2, 0) is 6.54 Å². The monoisotopic (exact) mass is 328 g/mol. The minimum Gasteiger partial charge on any atom is -0.380 e. The molecule has 3 aromatic rings. The number of pyridine rings is 1. The number of carbonyl (C=O) groups excluding carboxylic acids is 1. The first-order valence-electron chi connectivity index (χ1n) is 7.79. The molecule has 25 heavy (non-hydrogen) atoms. The maximum Gasteiger partial charge on any atom is 0.257 e. The summed E-state index contributed by atoms with van der Waals surface area (Å²) in [5.41, 5.74) is 3.22. The maximum absolute atomic E-state index is 12.4. The van der Waals surface area contributed by atoms with Crippen LogP contribution in [0.1, 0.15) is 21.5 Å². The van der Waals surface area contributed by atoms with Crippen molar-refractivity contribution in [2.45, 2.75) is 6.54 Å². The van der Waals surface area contributed by atoms with Crippen LogP contribution in [0.25, 0.3) is 0 Å². The Morgan fingerprint density at radius 1 is 1.04 bits per heavy atom. The van der Waals surface area contributed by atoms with Gasteiger partial charge >= 0.3 is 0 Å². The average Bonchev–Trinajstić information content (AvgIpc) is 2.68. The molecule has 0 aliphatic heterocycles. The minimum absolute atomic E-state index is 0.307. The molecular formula is C20H16N4O. The van der Waals surface area contributed by atoms with Gasteiger partial charge in [-0.25, -0.2) is 0 Å². The summed E-state index contributed by atoms with van der Waals surface area (Å²) in [6.45, 7) is 0.644. The lowest BCUT2D eigenvalue weighted by Gasteiger charge is -2.09. The Hall–Kier alpha value is -3.65. The van der Waals surface area contributed by atoms with Gasteiger partial charge in [-0.3, -0.25) is 9.78 Å². The lowest BCUT2D eigenvalue weighted by molar-refractivity contribution is 0.102. The van der Waals surface area contributed by atoms with Crippen LogP contribution in [-0.4, -0.2) is 10.9 Å². The van der Waals surface area contributed by atoms with Gasteiger partial charge in [-0.1, -0.05) is 42.5 Å². The molecule has 0 aliphatic rings. The van der Waals surface area contributed by atoms with E-state index >= 15 is 0 Å². The van der Waals surface area contributed by atoms with E-state index in [2.05, 4.69) is 21.7 Å². The van der Waals surface area contributed by atoms with Crippen molar-refractivity contribution in [2.75, 3.05) is 10.6 Å². The van der Waals surface area contributed by atoms with Crippen molar-refractivity contribution in [3.05, 3.63) is 89.7 Å². The van der Waals surface area contributed by atoms with E-state index in [0.29, 0.717) is 23.4 Å². The van der Waals surface area contributed by atoms with Gasteiger partial charge in [-0.15, -0.1) is 0 Å². The minimum atomic E-state index is -0.307. The van der Waals surface area contributed by atoms with Crippen molar-refractivity contribution in [3.8, 4) is 6.07 Å². The molecule has 0 unspecified atom stereocenters. The lowest BCUT2D eigenvalue weighted by atomic mass is 10.1. The number of carbonyl (C=O) groups is 1. The SMILES string of the molecule is N#Cc1ccccc1NC(=O)c1cncc(NCc2ccccc2)c1. The average molecular weight is 328 g/mol. The second-order valence-electron chi connectivity index (χ2n) is 5.41. The third kappa shape index (κ3) is 4.21. The smallest absolute Gasteiger partial charge is 0.257 e. The lowest BCUT2D eigenvalue weighted by Crippen LogP contribution is -2.13. The van der Waals surface area contributed by atoms with Crippen molar-refractivity contribution in [1.82, 2.24) is 4.98 Å². The van der Waals surface area contributed by atoms with E-state index in [0.717, 1.165) is 11.3 Å². The van der Waals surface area contributed by atoms with E-state index in [4.69, 9.17) is 5.26 Å². The van der Waals surface area contributed by atoms with Gasteiger partial charge in [0.2, 0.25) is 0 Å². The highest BCUT2D eigenvalue weighted by atomic mass is 16.1. The molecule has 0 radical (unpaired) electrons. The number of hydrogen-bond acceptors (Lipinski definition) is 4. The molecular weight excluding hydrogens is 312 g/mol. The molecule has 3 rings (SSSR count). The highest BCUT2D eigenvalue weighted by Crippen LogP contribution is 2.16. The molecule has 1 aromatic heterocycles. The fourth-order valence-corrected chi connectivity index (χ4v) is 2.34. The quantitative estimate of drug-likeness (QED) is 0.746. The fourth-order valence-electron chi connectivity index (χ4n) is 2.34. The predicted octanol–water partition coefficient (Wildman–Crippen LogP) is 3.82. The van der Waals surface area contributed by atoms with Crippen LogP contribution >= 0.6 is 0 Å². The first-order valence-corrected chi connectivity index (χ1v) is 7.79. The number of benzene rings is 2. The molecule has 2 N–H and O–H groups in total. The first-order chi connectivity index (χ1) is 12.3. The second-order valence-corrected chi connectivity index (χ2v) is 5.41. The molecule has 5 heteroatoms. The highest BCUT2D eigenvalue weighted by Gasteiger charge is 2.10. The molecule has 0 fully saturated rings. The number of rotatable bonds is 5. The van der Waals surface area contributed by atoms with Crippen LogP contribution in [0.3, 0.4) is 0 Å². The molecule has 0 aliphatic carbocycles. The van der Waals surface area contributed by atoms with Crippen LogP contribution in [0, 0.1) is 11.3 Å². The molecule has 0 bridgehead atoms. The molecule has 0 saturated heterocycles. The topological polar surface area (TPSA) is 77.8 Å². The van der Waals surface area contributed by atoms with Crippen molar-refractivity contribution in [3.63, 3.8) is 0 Å². The van der Waals surface area contributed by atoms with Gasteiger partial charge in [0.15, 0.2) is 0 Å². The number of aromatic nitrogens is 1. The Bertz CT molecular complexity index is 916. The molecule has 0 spiro atoms. The van der Waals surface area contributed by atoms with Crippen molar-refractivity contribution < 1.29 is 4.79 Å². The van der Waals surface area contributed by atoms with Gasteiger partial charge in [0.05, 0.1) is 22.5 Å². The summed E-state index contributed by atoms with van der Waals surface area (Å²) in [4.78, 5) is 16.5. The zero-order valence-corrected chi connectivity index (χ0v) is 13.4. The number of nitrogens with one attached hydrogen (secondary N) is 2. The van der Waals surface area contributed by atoms with Gasteiger partial charge in [0.25, 0.3) is 5.91 Å². The number of amides is 1. The maximum atomic E-state index is 12.4. The molecule has 122 valence electrons. The summed E-state index contributed by atoms with van der Waals surface area (Å²) in [7, 11) is 0. The Balaban J connectivity index is 1.70. The van der Waals surface area contributed by atoms with Gasteiger partial charge in [-0.2, -0.15) is 5.26 Å². The molecule has 0 atom stereocenters. The van der Waals surface area contributed by atoms with Crippen LogP contribution < -0.4 is 10.6 Å². The molecule has 1 heterocycles. The van der Waals surface area contributed by atoms with E-state index in [9.17, 15) is 4.79 Å². The molecule has 2 aromatic carbocycles. The summed E-state index contributed by atoms with van der Waals surface area (Å²) < 4.78 is 0. The van der Waals surface area contributed by atoms with E-state index in [1.54, 1.807) is 36.5 Å². The Morgan fingerprint density at radius 3 is 2.60 bits per heavy atom. The fraction of sp³-hybridized carbons (Fsp3) is 0.0500. The molecule has 1 amide bonds. The summed E-state index contributed by atoms with van der Waals surface area (Å²) in [6, 6.07) is 20.6. The Kier molecular flexibility index (Phi) is 5.03. The van der Waals surface area contributed by atoms with E-state index in [1.165, 1.54) is 6.20 Å². The summed E-state index contributed by atoms with van der Waals surface area (Å²) >= 11 is 0. The normalized spacial score (nSPS) is 9.88. The van der Waals surface area contributed by atoms with E-state index < -0.39 is 0 Å². The summed E-state index contributed by atoms with van der Waals surface area (Å²) in [5.74, 6) is -0.307. The Morgan fingerprint density at radius 2 is 1.80 bits per heavy atom. The van der Waals surface area contributed by atoms with Gasteiger partial charge in [0, 0.05) is 18.9 Å². The number of hydrogen-bond donors (Lipinski definition) is 2. The second kappa shape index (κ2) is 7.75. The summed E-state index contributed by atoms with van der Waals surface area (Å²) in [5, 5.41) is 15.1. The summed E-state index contributed by atoms with van der Waals surface area (Å²) in [6.07, 6.45) is 3.17. The number of anilines is 2. The Labute approximate surface area is 146 Å². The van der Waals surface area contributed by atoms with Crippen LogP contribution in [0.15, 0.2) is 73.1 Å². The largest absolute Gasteiger partial charge is 0.380 e. The zero-order chi connectivity index (χ0) is 17.5. The zero-order valence-electron chi connectivity index (χ0n) is 13.4. The molecule has 5 nitrogen and oxygen atoms in total. The van der Waals surface area contributed by atoms with Crippen LogP contribution in [0.4, 0.5) is 11.4 Å². The van der Waals surface area contributed by atoms with Gasteiger partial charge < -0.3 is 10.6 Å². The number of nitrogens with zero attached hydrogens (tertiary/aromatic N) is 2. The number of para-hydroxylation sites is 1. The van der Waals surface area contributed by atoms with E-state index in [-0.39, 0.29) is 5.91 Å². The first kappa shape index (κ1) is 16.2. The number of nitriles is 1. The van der Waals surface area contributed by atoms with Crippen LogP contribution in [0.2, 0.25) is 0 Å². The third-order valence-corrected chi connectivity index (χ3v) is 3.64.